The molecule has 1 aliphatic heterocycles. The molecule has 2 rings (SSSR count). The molecule has 2 N–H and O–H groups in total. The average molecular weight is 313 g/mol. The van der Waals surface area contributed by atoms with E-state index in [-0.39, 0.29) is 5.60 Å². The lowest BCUT2D eigenvalue weighted by Gasteiger charge is -2.39. The molecule has 116 valence electrons. The van der Waals surface area contributed by atoms with Gasteiger partial charge in [-0.2, -0.15) is 0 Å². The lowest BCUT2D eigenvalue weighted by atomic mass is 10.00. The molecule has 5 nitrogen and oxygen atoms in total. The minimum atomic E-state index is -0.554. The minimum absolute atomic E-state index is 0.283. The zero-order valence-corrected chi connectivity index (χ0v) is 13.5. The fraction of sp³-hybridized carbons (Fsp3) is 0.533. The summed E-state index contributed by atoms with van der Waals surface area (Å²) in [6.07, 6.45) is -0.522. The molecule has 0 unspecified atom stereocenters. The van der Waals surface area contributed by atoms with Crippen LogP contribution in [0.25, 0.3) is 0 Å². The van der Waals surface area contributed by atoms with Crippen LogP contribution in [0.5, 0.6) is 5.75 Å². The van der Waals surface area contributed by atoms with E-state index in [1.165, 1.54) is 0 Å². The van der Waals surface area contributed by atoms with Crippen molar-refractivity contribution in [2.45, 2.75) is 38.9 Å². The van der Waals surface area contributed by atoms with Crippen molar-refractivity contribution in [3.63, 3.8) is 0 Å². The highest BCUT2D eigenvalue weighted by Gasteiger charge is 2.34. The maximum atomic E-state index is 11.9. The molecule has 1 aromatic carbocycles. The van der Waals surface area contributed by atoms with E-state index in [2.05, 4.69) is 10.6 Å². The molecule has 1 aromatic rings. The van der Waals surface area contributed by atoms with Gasteiger partial charge < -0.3 is 14.8 Å². The number of carbonyl (C=O) groups is 1. The molecule has 1 aliphatic rings. The molecule has 0 radical (unpaired) electrons. The molecule has 21 heavy (non-hydrogen) atoms. The van der Waals surface area contributed by atoms with Crippen molar-refractivity contribution >= 4 is 23.4 Å². The van der Waals surface area contributed by atoms with E-state index in [0.29, 0.717) is 16.5 Å². The predicted octanol–water partition coefficient (Wildman–Crippen LogP) is 3.43. The summed E-state index contributed by atoms with van der Waals surface area (Å²) in [5, 5.41) is 6.41. The quantitative estimate of drug-likeness (QED) is 0.897. The number of hydrogen-bond donors (Lipinski definition) is 2. The van der Waals surface area contributed by atoms with Crippen LogP contribution in [-0.2, 0) is 4.74 Å². The Kier molecular flexibility index (Phi) is 4.35. The summed E-state index contributed by atoms with van der Waals surface area (Å²) in [4.78, 5) is 11.9. The fourth-order valence-corrected chi connectivity index (χ4v) is 2.07. The fourth-order valence-electron chi connectivity index (χ4n) is 1.91. The SMILES string of the molecule is CC(C)(C)OC(=O)Nc1ccc(Cl)cc1OC1(C)CNC1. The monoisotopic (exact) mass is 312 g/mol. The highest BCUT2D eigenvalue weighted by Crippen LogP contribution is 2.32. The first kappa shape index (κ1) is 15.9. The molecule has 1 amide bonds. The van der Waals surface area contributed by atoms with Gasteiger partial charge in [-0.15, -0.1) is 0 Å². The van der Waals surface area contributed by atoms with Crippen LogP contribution in [0.3, 0.4) is 0 Å². The van der Waals surface area contributed by atoms with Gasteiger partial charge >= 0.3 is 6.09 Å². The molecule has 0 bridgehead atoms. The third kappa shape index (κ3) is 4.51. The van der Waals surface area contributed by atoms with Crippen LogP contribution in [0.4, 0.5) is 10.5 Å². The second kappa shape index (κ2) is 5.73. The molecule has 1 fully saturated rings. The molecule has 1 heterocycles. The first-order valence-electron chi connectivity index (χ1n) is 6.86. The maximum absolute atomic E-state index is 11.9. The Hall–Kier alpha value is -1.46. The van der Waals surface area contributed by atoms with Crippen LogP contribution in [0.2, 0.25) is 5.02 Å². The smallest absolute Gasteiger partial charge is 0.412 e. The van der Waals surface area contributed by atoms with Crippen molar-refractivity contribution in [1.82, 2.24) is 5.32 Å². The number of nitrogens with one attached hydrogen (secondary N) is 2. The second-order valence-corrected chi connectivity index (χ2v) is 6.86. The molecule has 6 heteroatoms. The van der Waals surface area contributed by atoms with E-state index in [1.54, 1.807) is 18.2 Å². The Labute approximate surface area is 130 Å². The first-order chi connectivity index (χ1) is 9.67. The van der Waals surface area contributed by atoms with Crippen molar-refractivity contribution in [3.05, 3.63) is 23.2 Å². The Morgan fingerprint density at radius 3 is 2.57 bits per heavy atom. The highest BCUT2D eigenvalue weighted by atomic mass is 35.5. The van der Waals surface area contributed by atoms with Gasteiger partial charge in [0.25, 0.3) is 0 Å². The van der Waals surface area contributed by atoms with E-state index in [0.717, 1.165) is 13.1 Å². The van der Waals surface area contributed by atoms with Gasteiger partial charge in [0.1, 0.15) is 17.0 Å². The number of rotatable bonds is 3. The Morgan fingerprint density at radius 1 is 1.38 bits per heavy atom. The average Bonchev–Trinajstić information content (AvgIpc) is 2.28. The molecule has 0 saturated carbocycles. The topological polar surface area (TPSA) is 59.6 Å². The number of halogens is 1. The second-order valence-electron chi connectivity index (χ2n) is 6.42. The van der Waals surface area contributed by atoms with Gasteiger partial charge in [-0.1, -0.05) is 11.6 Å². The van der Waals surface area contributed by atoms with Crippen molar-refractivity contribution in [3.8, 4) is 5.75 Å². The predicted molar refractivity (Wildman–Crippen MR) is 83.2 cm³/mol. The van der Waals surface area contributed by atoms with Crippen LogP contribution < -0.4 is 15.4 Å². The largest absolute Gasteiger partial charge is 0.483 e. The Bertz CT molecular complexity index is 536. The summed E-state index contributed by atoms with van der Waals surface area (Å²) in [7, 11) is 0. The zero-order valence-electron chi connectivity index (χ0n) is 12.7. The molecular formula is C15H21ClN2O3. The number of amides is 1. The van der Waals surface area contributed by atoms with E-state index < -0.39 is 11.7 Å². The van der Waals surface area contributed by atoms with Crippen LogP contribution in [0, 0.1) is 0 Å². The van der Waals surface area contributed by atoms with Crippen LogP contribution in [0.15, 0.2) is 18.2 Å². The molecule has 1 saturated heterocycles. The number of anilines is 1. The van der Waals surface area contributed by atoms with E-state index in [1.807, 2.05) is 27.7 Å². The van der Waals surface area contributed by atoms with E-state index in [9.17, 15) is 4.79 Å². The van der Waals surface area contributed by atoms with Gasteiger partial charge in [-0.05, 0) is 39.8 Å². The molecular weight excluding hydrogens is 292 g/mol. The standard InChI is InChI=1S/C15H21ClN2O3/c1-14(2,3)21-13(19)18-11-6-5-10(16)7-12(11)20-15(4)8-17-9-15/h5-7,17H,8-9H2,1-4H3,(H,18,19). The molecule has 0 spiro atoms. The molecule has 0 atom stereocenters. The van der Waals surface area contributed by atoms with Gasteiger partial charge in [-0.25, -0.2) is 4.79 Å². The number of ether oxygens (including phenoxy) is 2. The number of hydrogen-bond acceptors (Lipinski definition) is 4. The summed E-state index contributed by atoms with van der Waals surface area (Å²) in [5.41, 5.74) is -0.294. The van der Waals surface area contributed by atoms with Crippen molar-refractivity contribution in [2.75, 3.05) is 18.4 Å². The lowest BCUT2D eigenvalue weighted by molar-refractivity contribution is 0.0351. The first-order valence-corrected chi connectivity index (χ1v) is 7.24. The minimum Gasteiger partial charge on any atom is -0.483 e. The van der Waals surface area contributed by atoms with Crippen LogP contribution in [0.1, 0.15) is 27.7 Å². The number of carbonyl (C=O) groups excluding carboxylic acids is 1. The van der Waals surface area contributed by atoms with Gasteiger partial charge in [0, 0.05) is 24.2 Å². The van der Waals surface area contributed by atoms with Gasteiger partial charge in [0.2, 0.25) is 0 Å². The van der Waals surface area contributed by atoms with E-state index >= 15 is 0 Å². The summed E-state index contributed by atoms with van der Waals surface area (Å²) in [6.45, 7) is 8.95. The third-order valence-electron chi connectivity index (χ3n) is 2.93. The zero-order chi connectivity index (χ0) is 15.7. The normalized spacial score (nSPS) is 16.8. The van der Waals surface area contributed by atoms with Crippen LogP contribution >= 0.6 is 11.6 Å². The molecule has 0 aliphatic carbocycles. The maximum Gasteiger partial charge on any atom is 0.412 e. The van der Waals surface area contributed by atoms with Gasteiger partial charge in [0.15, 0.2) is 0 Å². The summed E-state index contributed by atoms with van der Waals surface area (Å²) < 4.78 is 11.2. The van der Waals surface area contributed by atoms with Crippen LogP contribution in [-0.4, -0.2) is 30.4 Å². The van der Waals surface area contributed by atoms with Gasteiger partial charge in [0.05, 0.1) is 5.69 Å². The highest BCUT2D eigenvalue weighted by molar-refractivity contribution is 6.30. The van der Waals surface area contributed by atoms with Crippen molar-refractivity contribution in [2.24, 2.45) is 0 Å². The third-order valence-corrected chi connectivity index (χ3v) is 3.17. The molecule has 0 aromatic heterocycles. The number of benzene rings is 1. The van der Waals surface area contributed by atoms with Gasteiger partial charge in [-0.3, -0.25) is 5.32 Å². The van der Waals surface area contributed by atoms with E-state index in [4.69, 9.17) is 21.1 Å². The van der Waals surface area contributed by atoms with Crippen molar-refractivity contribution in [1.29, 1.82) is 0 Å². The Morgan fingerprint density at radius 2 is 2.05 bits per heavy atom. The summed E-state index contributed by atoms with van der Waals surface area (Å²) in [6, 6.07) is 5.09. The summed E-state index contributed by atoms with van der Waals surface area (Å²) >= 11 is 6.01. The van der Waals surface area contributed by atoms with Crippen molar-refractivity contribution < 1.29 is 14.3 Å². The Balaban J connectivity index is 2.13. The lowest BCUT2D eigenvalue weighted by Crippen LogP contribution is -2.61. The summed E-state index contributed by atoms with van der Waals surface area (Å²) in [5.74, 6) is 0.539.